The van der Waals surface area contributed by atoms with E-state index in [2.05, 4.69) is 19.7 Å². The first-order valence-electron chi connectivity index (χ1n) is 8.01. The van der Waals surface area contributed by atoms with Crippen molar-refractivity contribution in [1.29, 1.82) is 0 Å². The van der Waals surface area contributed by atoms with Gasteiger partial charge in [-0.2, -0.15) is 0 Å². The number of carbonyl (C=O) groups excluding carboxylic acids is 1. The zero-order chi connectivity index (χ0) is 21.0. The highest BCUT2D eigenvalue weighted by atomic mass is 19.4. The smallest absolute Gasteiger partial charge is 0.398 e. The van der Waals surface area contributed by atoms with E-state index in [-0.39, 0.29) is 12.0 Å². The zero-order valence-electron chi connectivity index (χ0n) is 14.5. The number of hydrogen-bond donors (Lipinski definition) is 0. The van der Waals surface area contributed by atoms with Gasteiger partial charge in [0.05, 0.1) is 28.9 Å². The highest BCUT2D eigenvalue weighted by Crippen LogP contribution is 2.33. The number of nitro benzene ring substituents is 1. The maximum Gasteiger partial charge on any atom is 0.573 e. The lowest BCUT2D eigenvalue weighted by Crippen LogP contribution is -2.18. The summed E-state index contributed by atoms with van der Waals surface area (Å²) in [4.78, 5) is 34.6. The van der Waals surface area contributed by atoms with Crippen molar-refractivity contribution >= 4 is 11.5 Å². The minimum Gasteiger partial charge on any atom is -0.398 e. The summed E-state index contributed by atoms with van der Waals surface area (Å²) in [6.45, 7) is 0. The van der Waals surface area contributed by atoms with E-state index in [1.807, 2.05) is 0 Å². The molecule has 0 aliphatic heterocycles. The highest BCUT2D eigenvalue weighted by Gasteiger charge is 2.34. The monoisotopic (exact) mass is 404 g/mol. The number of hydrogen-bond acceptors (Lipinski definition) is 7. The van der Waals surface area contributed by atoms with E-state index < -0.39 is 28.5 Å². The van der Waals surface area contributed by atoms with Crippen LogP contribution in [0.5, 0.6) is 5.75 Å². The molecule has 0 unspecified atom stereocenters. The Bertz CT molecular complexity index is 1040. The van der Waals surface area contributed by atoms with Crippen LogP contribution in [0.1, 0.15) is 16.1 Å². The van der Waals surface area contributed by atoms with Crippen LogP contribution in [-0.2, 0) is 6.42 Å². The molecule has 0 N–H and O–H groups in total. The minimum atomic E-state index is -5.10. The number of pyridine rings is 1. The van der Waals surface area contributed by atoms with E-state index in [1.165, 1.54) is 12.4 Å². The standard InChI is InChI=1S/C18H11F3N4O4/c19-18(20,21)29-17-4-3-11(6-15(17)25(27)28)16(26)7-13-9-24-14(10-23-13)12-2-1-5-22-8-12/h1-6,8-10H,7H2. The number of Topliss-reactive ketones (excluding diaryl/α,β-unsaturated/α-hetero) is 1. The van der Waals surface area contributed by atoms with Gasteiger partial charge in [-0.25, -0.2) is 0 Å². The Morgan fingerprint density at radius 2 is 1.93 bits per heavy atom. The largest absolute Gasteiger partial charge is 0.573 e. The second-order valence-electron chi connectivity index (χ2n) is 5.72. The Morgan fingerprint density at radius 1 is 1.14 bits per heavy atom. The van der Waals surface area contributed by atoms with Crippen LogP contribution in [0.3, 0.4) is 0 Å². The first-order valence-corrected chi connectivity index (χ1v) is 8.01. The summed E-state index contributed by atoms with van der Waals surface area (Å²) in [7, 11) is 0. The number of alkyl halides is 3. The van der Waals surface area contributed by atoms with Crippen LogP contribution in [0, 0.1) is 10.1 Å². The molecule has 0 saturated heterocycles. The molecular weight excluding hydrogens is 393 g/mol. The van der Waals surface area contributed by atoms with E-state index >= 15 is 0 Å². The van der Waals surface area contributed by atoms with Crippen LogP contribution in [-0.4, -0.2) is 32.0 Å². The molecule has 2 aromatic heterocycles. The average molecular weight is 404 g/mol. The minimum absolute atomic E-state index is 0.149. The molecule has 0 spiro atoms. The number of rotatable bonds is 6. The first-order chi connectivity index (χ1) is 13.7. The van der Waals surface area contributed by atoms with Crippen LogP contribution in [0.2, 0.25) is 0 Å². The molecule has 0 atom stereocenters. The molecule has 29 heavy (non-hydrogen) atoms. The number of aromatic nitrogens is 3. The van der Waals surface area contributed by atoms with Crippen molar-refractivity contribution in [2.24, 2.45) is 0 Å². The average Bonchev–Trinajstić information content (AvgIpc) is 2.68. The molecule has 3 rings (SSSR count). The van der Waals surface area contributed by atoms with Gasteiger partial charge in [-0.15, -0.1) is 13.2 Å². The van der Waals surface area contributed by atoms with Crippen molar-refractivity contribution in [3.05, 3.63) is 76.5 Å². The third kappa shape index (κ3) is 5.09. The fourth-order valence-corrected chi connectivity index (χ4v) is 2.42. The number of halogens is 3. The Kier molecular flexibility index (Phi) is 5.48. The van der Waals surface area contributed by atoms with Crippen molar-refractivity contribution < 1.29 is 27.6 Å². The summed E-state index contributed by atoms with van der Waals surface area (Å²) in [6.07, 6.45) is 0.684. The van der Waals surface area contributed by atoms with Gasteiger partial charge >= 0.3 is 12.0 Å². The topological polar surface area (TPSA) is 108 Å². The number of benzene rings is 1. The Morgan fingerprint density at radius 3 is 2.52 bits per heavy atom. The molecule has 8 nitrogen and oxygen atoms in total. The third-order valence-electron chi connectivity index (χ3n) is 3.71. The van der Waals surface area contributed by atoms with Gasteiger partial charge in [0, 0.05) is 35.8 Å². The predicted molar refractivity (Wildman–Crippen MR) is 93.1 cm³/mol. The van der Waals surface area contributed by atoms with E-state index in [0.717, 1.165) is 23.8 Å². The van der Waals surface area contributed by atoms with Crippen molar-refractivity contribution in [3.8, 4) is 17.0 Å². The Hall–Kier alpha value is -3.89. The van der Waals surface area contributed by atoms with Gasteiger partial charge in [0.25, 0.3) is 0 Å². The maximum absolute atomic E-state index is 12.4. The second kappa shape index (κ2) is 8.00. The SMILES string of the molecule is O=C(Cc1cnc(-c2cccnc2)cn1)c1ccc(OC(F)(F)F)c([N+](=O)[O-])c1. The van der Waals surface area contributed by atoms with Crippen LogP contribution >= 0.6 is 0 Å². The molecule has 148 valence electrons. The van der Waals surface area contributed by atoms with Crippen LogP contribution in [0.4, 0.5) is 18.9 Å². The molecular formula is C18H11F3N4O4. The van der Waals surface area contributed by atoms with Crippen molar-refractivity contribution in [1.82, 2.24) is 15.0 Å². The van der Waals surface area contributed by atoms with Gasteiger partial charge in [0.15, 0.2) is 5.78 Å². The Labute approximate surface area is 161 Å². The van der Waals surface area contributed by atoms with Gasteiger partial charge in [-0.05, 0) is 24.3 Å². The summed E-state index contributed by atoms with van der Waals surface area (Å²) >= 11 is 0. The number of ether oxygens (including phenoxy) is 1. The van der Waals surface area contributed by atoms with E-state index in [1.54, 1.807) is 24.5 Å². The number of carbonyl (C=O) groups is 1. The quantitative estimate of drug-likeness (QED) is 0.350. The molecule has 0 radical (unpaired) electrons. The fraction of sp³-hybridized carbons (Fsp3) is 0.111. The molecule has 1 aromatic carbocycles. The number of nitrogens with zero attached hydrogens (tertiary/aromatic N) is 4. The summed E-state index contributed by atoms with van der Waals surface area (Å²) in [5, 5.41) is 11.0. The summed E-state index contributed by atoms with van der Waals surface area (Å²) in [5.41, 5.74) is 0.448. The lowest BCUT2D eigenvalue weighted by Gasteiger charge is -2.10. The van der Waals surface area contributed by atoms with Crippen molar-refractivity contribution in [2.75, 3.05) is 0 Å². The van der Waals surface area contributed by atoms with Gasteiger partial charge in [-0.3, -0.25) is 29.9 Å². The summed E-state index contributed by atoms with van der Waals surface area (Å²) < 4.78 is 40.7. The molecule has 0 fully saturated rings. The lowest BCUT2D eigenvalue weighted by molar-refractivity contribution is -0.388. The van der Waals surface area contributed by atoms with Gasteiger partial charge in [0.1, 0.15) is 0 Å². The van der Waals surface area contributed by atoms with Gasteiger partial charge < -0.3 is 4.74 Å². The summed E-state index contributed by atoms with van der Waals surface area (Å²) in [5.74, 6) is -1.57. The lowest BCUT2D eigenvalue weighted by atomic mass is 10.1. The molecule has 0 aliphatic carbocycles. The van der Waals surface area contributed by atoms with E-state index in [0.29, 0.717) is 11.4 Å². The fourth-order valence-electron chi connectivity index (χ4n) is 2.42. The Balaban J connectivity index is 1.78. The van der Waals surface area contributed by atoms with Crippen LogP contribution < -0.4 is 4.74 Å². The highest BCUT2D eigenvalue weighted by molar-refractivity contribution is 5.98. The molecule has 11 heteroatoms. The van der Waals surface area contributed by atoms with E-state index in [9.17, 15) is 28.1 Å². The van der Waals surface area contributed by atoms with Gasteiger partial charge in [0.2, 0.25) is 5.75 Å². The van der Waals surface area contributed by atoms with E-state index in [4.69, 9.17) is 0 Å². The molecule has 0 aliphatic rings. The van der Waals surface area contributed by atoms with Crippen LogP contribution in [0.25, 0.3) is 11.3 Å². The second-order valence-corrected chi connectivity index (χ2v) is 5.72. The van der Waals surface area contributed by atoms with Gasteiger partial charge in [-0.1, -0.05) is 0 Å². The number of ketones is 1. The normalized spacial score (nSPS) is 11.1. The van der Waals surface area contributed by atoms with Crippen molar-refractivity contribution in [2.45, 2.75) is 12.8 Å². The molecule has 0 bridgehead atoms. The first kappa shape index (κ1) is 19.9. The van der Waals surface area contributed by atoms with Crippen LogP contribution in [0.15, 0.2) is 55.1 Å². The third-order valence-corrected chi connectivity index (χ3v) is 3.71. The zero-order valence-corrected chi connectivity index (χ0v) is 14.5. The predicted octanol–water partition coefficient (Wildman–Crippen LogP) is 3.77. The van der Waals surface area contributed by atoms with Crippen molar-refractivity contribution in [3.63, 3.8) is 0 Å². The molecule has 2 heterocycles. The molecule has 0 saturated carbocycles. The summed E-state index contributed by atoms with van der Waals surface area (Å²) in [6, 6.07) is 6.00. The molecule has 3 aromatic rings. The number of nitro groups is 1. The molecule has 0 amide bonds. The maximum atomic E-state index is 12.4.